The lowest BCUT2D eigenvalue weighted by Crippen LogP contribution is -2.60. The molecule has 1 aromatic rings. The van der Waals surface area contributed by atoms with E-state index in [2.05, 4.69) is 15.4 Å². The molecule has 1 aromatic carbocycles. The minimum absolute atomic E-state index is 0.0147. The molecule has 198 valence electrons. The number of hydrogen-bond donors (Lipinski definition) is 3. The third-order valence-electron chi connectivity index (χ3n) is 6.76. The number of urea groups is 1. The number of halogens is 4. The fraction of sp³-hybridized carbons (Fsp3) is 0.609. The van der Waals surface area contributed by atoms with Crippen molar-refractivity contribution in [3.63, 3.8) is 0 Å². The number of alkyl halides is 3. The molecule has 13 heteroatoms. The van der Waals surface area contributed by atoms with Crippen LogP contribution in [0.25, 0.3) is 0 Å². The molecule has 9 nitrogen and oxygen atoms in total. The van der Waals surface area contributed by atoms with Gasteiger partial charge in [0.15, 0.2) is 0 Å². The van der Waals surface area contributed by atoms with Crippen LogP contribution < -0.4 is 15.4 Å². The van der Waals surface area contributed by atoms with Gasteiger partial charge in [-0.15, -0.1) is 13.2 Å². The standard InChI is InChI=1S/C23H28F4N4O5/c24-18-7-17(36-23(25,26)27)4-1-14(18)10-28-21(35)31(15-2-3-15)16-8-22(9-19(33)29-12-22)13-30(11-16)20(34)5-6-32/h1,4,7,15-16,32H,2-3,5-6,8-13H2,(H,28,35)(H,29,33)/t16-,22?/m1/s1. The Kier molecular flexibility index (Phi) is 7.30. The molecule has 36 heavy (non-hydrogen) atoms. The van der Waals surface area contributed by atoms with Crippen LogP contribution in [0.1, 0.15) is 37.7 Å². The van der Waals surface area contributed by atoms with Crippen molar-refractivity contribution in [2.24, 2.45) is 5.41 Å². The van der Waals surface area contributed by atoms with Crippen molar-refractivity contribution in [2.75, 3.05) is 26.2 Å². The van der Waals surface area contributed by atoms with Gasteiger partial charge in [-0.05, 0) is 25.3 Å². The van der Waals surface area contributed by atoms with Gasteiger partial charge in [-0.25, -0.2) is 9.18 Å². The van der Waals surface area contributed by atoms with Gasteiger partial charge < -0.3 is 30.3 Å². The number of carbonyl (C=O) groups excluding carboxylic acids is 3. The van der Waals surface area contributed by atoms with E-state index in [-0.39, 0.29) is 56.0 Å². The molecule has 1 saturated carbocycles. The van der Waals surface area contributed by atoms with Crippen molar-refractivity contribution in [1.29, 1.82) is 0 Å². The number of nitrogens with one attached hydrogen (secondary N) is 2. The van der Waals surface area contributed by atoms with Crippen molar-refractivity contribution in [2.45, 2.75) is 57.1 Å². The molecular weight excluding hydrogens is 488 g/mol. The first-order valence-electron chi connectivity index (χ1n) is 11.7. The fourth-order valence-electron chi connectivity index (χ4n) is 5.10. The predicted molar refractivity (Wildman–Crippen MR) is 117 cm³/mol. The molecule has 0 bridgehead atoms. The van der Waals surface area contributed by atoms with E-state index >= 15 is 0 Å². The van der Waals surface area contributed by atoms with Crippen molar-refractivity contribution in [3.8, 4) is 5.75 Å². The average molecular weight is 516 g/mol. The number of benzene rings is 1. The smallest absolute Gasteiger partial charge is 0.406 e. The lowest BCUT2D eigenvalue weighted by Gasteiger charge is -2.47. The summed E-state index contributed by atoms with van der Waals surface area (Å²) in [5.74, 6) is -2.04. The van der Waals surface area contributed by atoms with Gasteiger partial charge in [-0.1, -0.05) is 6.07 Å². The van der Waals surface area contributed by atoms with Crippen molar-refractivity contribution < 1.29 is 41.8 Å². The number of likely N-dealkylation sites (tertiary alicyclic amines) is 1. The summed E-state index contributed by atoms with van der Waals surface area (Å²) in [4.78, 5) is 41.1. The molecule has 0 aromatic heterocycles. The summed E-state index contributed by atoms with van der Waals surface area (Å²) < 4.78 is 55.1. The summed E-state index contributed by atoms with van der Waals surface area (Å²) >= 11 is 0. The first-order chi connectivity index (χ1) is 17.0. The first kappa shape index (κ1) is 26.0. The van der Waals surface area contributed by atoms with Crippen LogP contribution in [-0.2, 0) is 16.1 Å². The molecule has 2 aliphatic heterocycles. The van der Waals surface area contributed by atoms with E-state index in [1.165, 1.54) is 0 Å². The Labute approximate surface area is 204 Å². The molecule has 1 unspecified atom stereocenters. The number of piperidine rings is 1. The van der Waals surface area contributed by atoms with Crippen molar-refractivity contribution in [1.82, 2.24) is 20.4 Å². The van der Waals surface area contributed by atoms with E-state index < -0.39 is 35.4 Å². The van der Waals surface area contributed by atoms with Crippen LogP contribution >= 0.6 is 0 Å². The monoisotopic (exact) mass is 516 g/mol. The maximum absolute atomic E-state index is 14.3. The molecule has 2 atom stereocenters. The van der Waals surface area contributed by atoms with Crippen LogP contribution in [0, 0.1) is 11.2 Å². The number of nitrogens with zero attached hydrogens (tertiary/aromatic N) is 2. The highest BCUT2D eigenvalue weighted by Gasteiger charge is 2.50. The lowest BCUT2D eigenvalue weighted by molar-refractivity contribution is -0.274. The summed E-state index contributed by atoms with van der Waals surface area (Å²) in [6.07, 6.45) is -2.77. The number of aliphatic hydroxyl groups excluding tert-OH is 1. The maximum Gasteiger partial charge on any atom is 0.573 e. The normalized spacial score (nSPS) is 24.0. The summed E-state index contributed by atoms with van der Waals surface area (Å²) in [7, 11) is 0. The predicted octanol–water partition coefficient (Wildman–Crippen LogP) is 1.89. The zero-order valence-corrected chi connectivity index (χ0v) is 19.4. The van der Waals surface area contributed by atoms with Crippen LogP contribution in [0.5, 0.6) is 5.75 Å². The van der Waals surface area contributed by atoms with E-state index in [9.17, 15) is 37.1 Å². The van der Waals surface area contributed by atoms with Gasteiger partial charge in [0.25, 0.3) is 0 Å². The van der Waals surface area contributed by atoms with E-state index in [0.717, 1.165) is 25.0 Å². The quantitative estimate of drug-likeness (QED) is 0.480. The van der Waals surface area contributed by atoms with Gasteiger partial charge >= 0.3 is 12.4 Å². The molecule has 4 rings (SSSR count). The Hall–Kier alpha value is -3.09. The summed E-state index contributed by atoms with van der Waals surface area (Å²) in [6, 6.07) is 1.73. The van der Waals surface area contributed by atoms with Gasteiger partial charge in [0.2, 0.25) is 11.8 Å². The van der Waals surface area contributed by atoms with E-state index in [1.54, 1.807) is 9.80 Å². The third kappa shape index (κ3) is 6.18. The van der Waals surface area contributed by atoms with Gasteiger partial charge in [0, 0.05) is 62.1 Å². The molecule has 3 fully saturated rings. The molecular formula is C23H28F4N4O5. The van der Waals surface area contributed by atoms with Gasteiger partial charge in [0.05, 0.1) is 12.6 Å². The molecule has 1 spiro atoms. The molecule has 3 N–H and O–H groups in total. The first-order valence-corrected chi connectivity index (χ1v) is 11.7. The van der Waals surface area contributed by atoms with Crippen LogP contribution in [0.3, 0.4) is 0 Å². The van der Waals surface area contributed by atoms with E-state index in [0.29, 0.717) is 25.6 Å². The van der Waals surface area contributed by atoms with Crippen LogP contribution in [0.4, 0.5) is 22.4 Å². The lowest BCUT2D eigenvalue weighted by atomic mass is 9.76. The molecule has 2 heterocycles. The summed E-state index contributed by atoms with van der Waals surface area (Å²) in [6.45, 7) is 0.402. The van der Waals surface area contributed by atoms with Crippen LogP contribution in [-0.4, -0.2) is 77.4 Å². The van der Waals surface area contributed by atoms with Crippen LogP contribution in [0.15, 0.2) is 18.2 Å². The molecule has 4 amide bonds. The van der Waals surface area contributed by atoms with Crippen LogP contribution in [0.2, 0.25) is 0 Å². The molecule has 3 aliphatic rings. The maximum atomic E-state index is 14.3. The number of ether oxygens (including phenoxy) is 1. The molecule has 0 radical (unpaired) electrons. The van der Waals surface area contributed by atoms with Crippen molar-refractivity contribution in [3.05, 3.63) is 29.6 Å². The minimum Gasteiger partial charge on any atom is -0.406 e. The third-order valence-corrected chi connectivity index (χ3v) is 6.76. The van der Waals surface area contributed by atoms with E-state index in [1.807, 2.05) is 0 Å². The highest BCUT2D eigenvalue weighted by Crippen LogP contribution is 2.41. The number of carbonyl (C=O) groups is 3. The zero-order chi connectivity index (χ0) is 26.1. The highest BCUT2D eigenvalue weighted by atomic mass is 19.4. The van der Waals surface area contributed by atoms with Crippen molar-refractivity contribution >= 4 is 17.8 Å². The molecule has 2 saturated heterocycles. The second kappa shape index (κ2) is 10.1. The largest absolute Gasteiger partial charge is 0.573 e. The Morgan fingerprint density at radius 2 is 2.03 bits per heavy atom. The number of hydrogen-bond acceptors (Lipinski definition) is 5. The second-order valence-electron chi connectivity index (χ2n) is 9.66. The Morgan fingerprint density at radius 1 is 1.28 bits per heavy atom. The SMILES string of the molecule is O=C1CC2(CN1)C[C@@H](N(C(=O)NCc1ccc(OC(F)(F)F)cc1F)C1CC1)CN(C(=O)CCO)C2. The Bertz CT molecular complexity index is 1020. The number of amides is 4. The fourth-order valence-corrected chi connectivity index (χ4v) is 5.10. The zero-order valence-electron chi connectivity index (χ0n) is 19.4. The summed E-state index contributed by atoms with van der Waals surface area (Å²) in [5, 5.41) is 14.7. The van der Waals surface area contributed by atoms with Gasteiger partial charge in [0.1, 0.15) is 11.6 Å². The average Bonchev–Trinajstić information content (AvgIpc) is 3.55. The highest BCUT2D eigenvalue weighted by molar-refractivity contribution is 5.81. The van der Waals surface area contributed by atoms with E-state index in [4.69, 9.17) is 0 Å². The number of aliphatic hydroxyl groups is 1. The topological polar surface area (TPSA) is 111 Å². The minimum atomic E-state index is -4.95. The van der Waals surface area contributed by atoms with Gasteiger partial charge in [-0.3, -0.25) is 9.59 Å². The Morgan fingerprint density at radius 3 is 2.61 bits per heavy atom. The van der Waals surface area contributed by atoms with Gasteiger partial charge in [-0.2, -0.15) is 0 Å². The Balaban J connectivity index is 1.47. The number of rotatable bonds is 7. The molecule has 1 aliphatic carbocycles. The second-order valence-corrected chi connectivity index (χ2v) is 9.66. The summed E-state index contributed by atoms with van der Waals surface area (Å²) in [5.41, 5.74) is -0.544.